The second kappa shape index (κ2) is 6.13. The molecule has 1 heterocycles. The highest BCUT2D eigenvalue weighted by Gasteiger charge is 2.17. The van der Waals surface area contributed by atoms with E-state index in [9.17, 15) is 10.1 Å². The molecule has 1 atom stereocenters. The largest absolute Gasteiger partial charge is 0.377 e. The molecule has 2 rings (SSSR count). The Morgan fingerprint density at radius 2 is 2.39 bits per heavy atom. The maximum Gasteiger partial charge on any atom is 0.273 e. The average molecular weight is 271 g/mol. The molecule has 0 spiro atoms. The Morgan fingerprint density at radius 3 is 3.06 bits per heavy atom. The van der Waals surface area contributed by atoms with Crippen molar-refractivity contribution in [1.82, 2.24) is 5.32 Å². The van der Waals surface area contributed by atoms with Crippen molar-refractivity contribution in [2.75, 3.05) is 13.2 Å². The van der Waals surface area contributed by atoms with Gasteiger partial charge >= 0.3 is 0 Å². The van der Waals surface area contributed by atoms with E-state index in [-0.39, 0.29) is 16.7 Å². The summed E-state index contributed by atoms with van der Waals surface area (Å²) < 4.78 is 5.47. The molecular formula is C12H15ClN2O3. The summed E-state index contributed by atoms with van der Waals surface area (Å²) in [5.41, 5.74) is 0.699. The number of benzene rings is 1. The zero-order valence-corrected chi connectivity index (χ0v) is 10.7. The zero-order valence-electron chi connectivity index (χ0n) is 9.89. The SMILES string of the molecule is O=[N+]([O-])c1ccc(Cl)cc1CNCC1CCCO1. The number of nitrogens with one attached hydrogen (secondary N) is 1. The van der Waals surface area contributed by atoms with Gasteiger partial charge in [-0.25, -0.2) is 0 Å². The first-order valence-corrected chi connectivity index (χ1v) is 6.30. The average Bonchev–Trinajstić information content (AvgIpc) is 2.82. The Labute approximate surface area is 110 Å². The molecule has 1 N–H and O–H groups in total. The monoisotopic (exact) mass is 270 g/mol. The summed E-state index contributed by atoms with van der Waals surface area (Å²) in [5.74, 6) is 0. The van der Waals surface area contributed by atoms with Crippen LogP contribution in [0.15, 0.2) is 18.2 Å². The number of nitro benzene ring substituents is 1. The lowest BCUT2D eigenvalue weighted by Crippen LogP contribution is -2.26. The first-order valence-electron chi connectivity index (χ1n) is 5.92. The first kappa shape index (κ1) is 13.3. The zero-order chi connectivity index (χ0) is 13.0. The number of nitro groups is 1. The van der Waals surface area contributed by atoms with E-state index in [1.807, 2.05) is 0 Å². The normalized spacial score (nSPS) is 19.1. The van der Waals surface area contributed by atoms with E-state index in [0.29, 0.717) is 23.7 Å². The second-order valence-electron chi connectivity index (χ2n) is 4.30. The third kappa shape index (κ3) is 3.41. The molecule has 0 bridgehead atoms. The molecule has 1 aromatic carbocycles. The van der Waals surface area contributed by atoms with Crippen molar-refractivity contribution in [2.24, 2.45) is 0 Å². The number of halogens is 1. The van der Waals surface area contributed by atoms with Crippen molar-refractivity contribution in [3.8, 4) is 0 Å². The van der Waals surface area contributed by atoms with Crippen LogP contribution in [0.2, 0.25) is 5.02 Å². The summed E-state index contributed by atoms with van der Waals surface area (Å²) in [5, 5.41) is 14.5. The summed E-state index contributed by atoms with van der Waals surface area (Å²) in [7, 11) is 0. The summed E-state index contributed by atoms with van der Waals surface area (Å²) >= 11 is 5.85. The summed E-state index contributed by atoms with van der Waals surface area (Å²) in [6.45, 7) is 1.95. The maximum atomic E-state index is 10.9. The number of hydrogen-bond donors (Lipinski definition) is 1. The standard InChI is InChI=1S/C12H15ClN2O3/c13-10-3-4-12(15(16)17)9(6-10)7-14-8-11-2-1-5-18-11/h3-4,6,11,14H,1-2,5,7-8H2. The molecule has 18 heavy (non-hydrogen) atoms. The lowest BCUT2D eigenvalue weighted by Gasteiger charge is -2.11. The molecule has 0 radical (unpaired) electrons. The van der Waals surface area contributed by atoms with E-state index >= 15 is 0 Å². The Bertz CT molecular complexity index is 433. The van der Waals surface area contributed by atoms with Crippen LogP contribution in [-0.4, -0.2) is 24.2 Å². The van der Waals surface area contributed by atoms with E-state index in [1.165, 1.54) is 12.1 Å². The van der Waals surface area contributed by atoms with Crippen LogP contribution in [0.4, 0.5) is 5.69 Å². The predicted octanol–water partition coefficient (Wildman–Crippen LogP) is 2.52. The Balaban J connectivity index is 1.94. The first-order chi connectivity index (χ1) is 8.66. The molecule has 1 aromatic rings. The van der Waals surface area contributed by atoms with Crippen LogP contribution in [-0.2, 0) is 11.3 Å². The molecule has 0 aromatic heterocycles. The van der Waals surface area contributed by atoms with Gasteiger partial charge in [-0.1, -0.05) is 11.6 Å². The van der Waals surface area contributed by atoms with Crippen LogP contribution in [0.3, 0.4) is 0 Å². The van der Waals surface area contributed by atoms with Crippen LogP contribution in [0.5, 0.6) is 0 Å². The highest BCUT2D eigenvalue weighted by molar-refractivity contribution is 6.30. The number of nitrogens with zero attached hydrogens (tertiary/aromatic N) is 1. The van der Waals surface area contributed by atoms with Gasteiger partial charge in [-0.3, -0.25) is 10.1 Å². The fourth-order valence-electron chi connectivity index (χ4n) is 2.05. The van der Waals surface area contributed by atoms with Gasteiger partial charge < -0.3 is 10.1 Å². The van der Waals surface area contributed by atoms with Gasteiger partial charge in [0, 0.05) is 36.3 Å². The highest BCUT2D eigenvalue weighted by Crippen LogP contribution is 2.22. The number of rotatable bonds is 5. The molecule has 0 saturated carbocycles. The second-order valence-corrected chi connectivity index (χ2v) is 4.73. The molecule has 1 fully saturated rings. The highest BCUT2D eigenvalue weighted by atomic mass is 35.5. The van der Waals surface area contributed by atoms with Gasteiger partial charge in [-0.15, -0.1) is 0 Å². The minimum absolute atomic E-state index is 0.0965. The van der Waals surface area contributed by atoms with Gasteiger partial charge in [0.25, 0.3) is 5.69 Å². The van der Waals surface area contributed by atoms with Gasteiger partial charge in [-0.2, -0.15) is 0 Å². The van der Waals surface area contributed by atoms with Crippen molar-refractivity contribution >= 4 is 17.3 Å². The lowest BCUT2D eigenvalue weighted by molar-refractivity contribution is -0.385. The molecule has 5 nitrogen and oxygen atoms in total. The van der Waals surface area contributed by atoms with Crippen molar-refractivity contribution in [2.45, 2.75) is 25.5 Å². The maximum absolute atomic E-state index is 10.9. The Kier molecular flexibility index (Phi) is 4.52. The van der Waals surface area contributed by atoms with E-state index in [2.05, 4.69) is 5.32 Å². The third-order valence-electron chi connectivity index (χ3n) is 2.95. The Hall–Kier alpha value is -1.17. The molecular weight excluding hydrogens is 256 g/mol. The van der Waals surface area contributed by atoms with Crippen LogP contribution < -0.4 is 5.32 Å². The molecule has 1 aliphatic rings. The summed E-state index contributed by atoms with van der Waals surface area (Å²) in [6.07, 6.45) is 2.36. The molecule has 0 aliphatic carbocycles. The summed E-state index contributed by atoms with van der Waals surface area (Å²) in [6, 6.07) is 4.59. The van der Waals surface area contributed by atoms with Crippen LogP contribution >= 0.6 is 11.6 Å². The minimum Gasteiger partial charge on any atom is -0.377 e. The fraction of sp³-hybridized carbons (Fsp3) is 0.500. The van der Waals surface area contributed by atoms with Crippen molar-refractivity contribution in [3.05, 3.63) is 38.9 Å². The van der Waals surface area contributed by atoms with Gasteiger partial charge in [-0.05, 0) is 25.0 Å². The van der Waals surface area contributed by atoms with Crippen LogP contribution in [0.1, 0.15) is 18.4 Å². The molecule has 6 heteroatoms. The van der Waals surface area contributed by atoms with Gasteiger partial charge in [0.05, 0.1) is 11.0 Å². The number of ether oxygens (including phenoxy) is 1. The van der Waals surface area contributed by atoms with E-state index in [4.69, 9.17) is 16.3 Å². The van der Waals surface area contributed by atoms with Crippen LogP contribution in [0, 0.1) is 10.1 Å². The fourth-order valence-corrected chi connectivity index (χ4v) is 2.24. The molecule has 0 amide bonds. The third-order valence-corrected chi connectivity index (χ3v) is 3.18. The molecule has 1 unspecified atom stereocenters. The van der Waals surface area contributed by atoms with E-state index in [1.54, 1.807) is 6.07 Å². The quantitative estimate of drug-likeness (QED) is 0.660. The Morgan fingerprint density at radius 1 is 1.56 bits per heavy atom. The van der Waals surface area contributed by atoms with Gasteiger partial charge in [0.15, 0.2) is 0 Å². The smallest absolute Gasteiger partial charge is 0.273 e. The summed E-state index contributed by atoms with van der Waals surface area (Å²) in [4.78, 5) is 10.5. The molecule has 1 aliphatic heterocycles. The van der Waals surface area contributed by atoms with Crippen LogP contribution in [0.25, 0.3) is 0 Å². The van der Waals surface area contributed by atoms with Gasteiger partial charge in [0.1, 0.15) is 0 Å². The molecule has 1 saturated heterocycles. The topological polar surface area (TPSA) is 64.4 Å². The van der Waals surface area contributed by atoms with Gasteiger partial charge in [0.2, 0.25) is 0 Å². The van der Waals surface area contributed by atoms with Crippen molar-refractivity contribution in [3.63, 3.8) is 0 Å². The lowest BCUT2D eigenvalue weighted by atomic mass is 10.1. The number of hydrogen-bond acceptors (Lipinski definition) is 4. The van der Waals surface area contributed by atoms with E-state index < -0.39 is 0 Å². The predicted molar refractivity (Wildman–Crippen MR) is 68.8 cm³/mol. The van der Waals surface area contributed by atoms with Crippen molar-refractivity contribution < 1.29 is 9.66 Å². The molecule has 98 valence electrons. The van der Waals surface area contributed by atoms with Crippen molar-refractivity contribution in [1.29, 1.82) is 0 Å². The van der Waals surface area contributed by atoms with E-state index in [0.717, 1.165) is 19.4 Å². The minimum atomic E-state index is -0.389.